The normalized spacial score (nSPS) is 11.1. The molecule has 2 aromatic carbocycles. The quantitative estimate of drug-likeness (QED) is 0.533. The highest BCUT2D eigenvalue weighted by Crippen LogP contribution is 2.28. The van der Waals surface area contributed by atoms with Gasteiger partial charge in [-0.2, -0.15) is 0 Å². The molecule has 0 bridgehead atoms. The van der Waals surface area contributed by atoms with Crippen LogP contribution in [0, 0.1) is 6.92 Å². The van der Waals surface area contributed by atoms with Crippen LogP contribution in [0.15, 0.2) is 64.3 Å². The third-order valence-corrected chi connectivity index (χ3v) is 5.55. The minimum atomic E-state index is -0.557. The molecule has 0 saturated carbocycles. The number of aryl methyl sites for hydroxylation is 2. The minimum Gasteiger partial charge on any atom is -0.344 e. The summed E-state index contributed by atoms with van der Waals surface area (Å²) >= 11 is 6.05. The fourth-order valence-corrected chi connectivity index (χ4v) is 3.87. The molecule has 4 rings (SSSR count). The molecule has 0 aliphatic carbocycles. The van der Waals surface area contributed by atoms with Crippen LogP contribution in [0.25, 0.3) is 22.2 Å². The molecule has 0 spiro atoms. The SMILES string of the molecule is Cc1ccc(Cl)cc1NC(=O)Cn1c(=O)n(C)c(=O)c2c1c(-c1ccccc1)cn2C. The van der Waals surface area contributed by atoms with Gasteiger partial charge in [-0.05, 0) is 30.2 Å². The van der Waals surface area contributed by atoms with Crippen molar-refractivity contribution in [1.82, 2.24) is 13.7 Å². The standard InChI is InChI=1S/C23H21ClN4O3/c1-14-9-10-16(24)11-18(14)25-19(29)13-28-20-17(15-7-5-4-6-8-15)12-26(2)21(20)22(30)27(3)23(28)31/h4-12H,13H2,1-3H3,(H,25,29). The molecular weight excluding hydrogens is 416 g/mol. The van der Waals surface area contributed by atoms with Gasteiger partial charge in [0, 0.05) is 36.6 Å². The molecule has 2 heterocycles. The Labute approximate surface area is 183 Å². The molecule has 4 aromatic rings. The molecule has 0 atom stereocenters. The predicted molar refractivity (Wildman–Crippen MR) is 123 cm³/mol. The van der Waals surface area contributed by atoms with E-state index in [1.807, 2.05) is 37.3 Å². The molecule has 0 aliphatic rings. The topological polar surface area (TPSA) is 78.0 Å². The molecule has 0 saturated heterocycles. The van der Waals surface area contributed by atoms with Gasteiger partial charge in [0.2, 0.25) is 5.91 Å². The number of benzene rings is 2. The lowest BCUT2D eigenvalue weighted by atomic mass is 10.1. The average Bonchev–Trinajstić information content (AvgIpc) is 3.10. The molecule has 0 aliphatic heterocycles. The molecule has 0 fully saturated rings. The van der Waals surface area contributed by atoms with Crippen LogP contribution >= 0.6 is 11.6 Å². The van der Waals surface area contributed by atoms with E-state index in [9.17, 15) is 14.4 Å². The van der Waals surface area contributed by atoms with Crippen molar-refractivity contribution in [2.45, 2.75) is 13.5 Å². The highest BCUT2D eigenvalue weighted by atomic mass is 35.5. The summed E-state index contributed by atoms with van der Waals surface area (Å²) in [7, 11) is 3.16. The molecule has 31 heavy (non-hydrogen) atoms. The van der Waals surface area contributed by atoms with Crippen molar-refractivity contribution in [3.8, 4) is 11.1 Å². The van der Waals surface area contributed by atoms with Crippen LogP contribution < -0.4 is 16.6 Å². The van der Waals surface area contributed by atoms with Crippen molar-refractivity contribution in [2.24, 2.45) is 14.1 Å². The van der Waals surface area contributed by atoms with E-state index >= 15 is 0 Å². The highest BCUT2D eigenvalue weighted by Gasteiger charge is 2.21. The fraction of sp³-hybridized carbons (Fsp3) is 0.174. The fourth-order valence-electron chi connectivity index (χ4n) is 3.70. The Bertz CT molecular complexity index is 1430. The summed E-state index contributed by atoms with van der Waals surface area (Å²) in [5.74, 6) is -0.393. The summed E-state index contributed by atoms with van der Waals surface area (Å²) in [5, 5.41) is 3.31. The van der Waals surface area contributed by atoms with Gasteiger partial charge in [-0.3, -0.25) is 18.7 Å². The zero-order valence-corrected chi connectivity index (χ0v) is 18.1. The van der Waals surface area contributed by atoms with Gasteiger partial charge in [-0.15, -0.1) is 0 Å². The van der Waals surface area contributed by atoms with E-state index < -0.39 is 17.2 Å². The summed E-state index contributed by atoms with van der Waals surface area (Å²) in [6, 6.07) is 14.7. The number of fused-ring (bicyclic) bond motifs is 1. The first-order valence-electron chi connectivity index (χ1n) is 9.68. The van der Waals surface area contributed by atoms with Crippen LogP contribution in [0.5, 0.6) is 0 Å². The highest BCUT2D eigenvalue weighted by molar-refractivity contribution is 6.31. The summed E-state index contributed by atoms with van der Waals surface area (Å²) < 4.78 is 4.05. The molecule has 8 heteroatoms. The number of nitrogens with zero attached hydrogens (tertiary/aromatic N) is 3. The largest absolute Gasteiger partial charge is 0.344 e. The minimum absolute atomic E-state index is 0.251. The Balaban J connectivity index is 1.87. The Morgan fingerprint density at radius 3 is 2.45 bits per heavy atom. The van der Waals surface area contributed by atoms with Crippen LogP contribution in [0.4, 0.5) is 5.69 Å². The molecule has 7 nitrogen and oxygen atoms in total. The summed E-state index contributed by atoms with van der Waals surface area (Å²) in [6.07, 6.45) is 1.80. The van der Waals surface area contributed by atoms with Gasteiger partial charge in [-0.1, -0.05) is 48.0 Å². The van der Waals surface area contributed by atoms with Crippen LogP contribution in [-0.2, 0) is 25.4 Å². The summed E-state index contributed by atoms with van der Waals surface area (Å²) in [4.78, 5) is 38.7. The van der Waals surface area contributed by atoms with E-state index in [4.69, 9.17) is 11.6 Å². The van der Waals surface area contributed by atoms with Crippen LogP contribution in [-0.4, -0.2) is 19.6 Å². The van der Waals surface area contributed by atoms with Gasteiger partial charge in [0.05, 0.1) is 5.52 Å². The Morgan fingerprint density at radius 1 is 1.03 bits per heavy atom. The second-order valence-corrected chi connectivity index (χ2v) is 7.89. The lowest BCUT2D eigenvalue weighted by Gasteiger charge is -2.13. The number of rotatable bonds is 4. The van der Waals surface area contributed by atoms with Gasteiger partial charge < -0.3 is 9.88 Å². The molecule has 1 N–H and O–H groups in total. The van der Waals surface area contributed by atoms with Crippen LogP contribution in [0.1, 0.15) is 5.56 Å². The van der Waals surface area contributed by atoms with E-state index in [1.165, 1.54) is 11.6 Å². The van der Waals surface area contributed by atoms with Gasteiger partial charge >= 0.3 is 5.69 Å². The average molecular weight is 437 g/mol. The molecule has 0 unspecified atom stereocenters. The van der Waals surface area contributed by atoms with Crippen molar-refractivity contribution in [3.63, 3.8) is 0 Å². The maximum Gasteiger partial charge on any atom is 0.331 e. The Hall–Kier alpha value is -3.58. The Morgan fingerprint density at radius 2 is 1.74 bits per heavy atom. The van der Waals surface area contributed by atoms with E-state index in [0.717, 1.165) is 15.7 Å². The number of carbonyl (C=O) groups excluding carboxylic acids is 1. The number of anilines is 1. The second kappa shape index (κ2) is 7.92. The summed E-state index contributed by atoms with van der Waals surface area (Å²) in [6.45, 7) is 1.60. The van der Waals surface area contributed by atoms with Crippen LogP contribution in [0.3, 0.4) is 0 Å². The molecule has 0 radical (unpaired) electrons. The number of hydrogen-bond donors (Lipinski definition) is 1. The molecular formula is C23H21ClN4O3. The zero-order chi connectivity index (χ0) is 22.3. The molecule has 158 valence electrons. The first-order valence-corrected chi connectivity index (χ1v) is 10.1. The maximum atomic E-state index is 13.0. The number of carbonyl (C=O) groups is 1. The maximum absolute atomic E-state index is 13.0. The molecule has 1 amide bonds. The summed E-state index contributed by atoms with van der Waals surface area (Å²) in [5.41, 5.74) is 2.79. The number of halogens is 1. The van der Waals surface area contributed by atoms with Gasteiger partial charge in [0.1, 0.15) is 12.1 Å². The van der Waals surface area contributed by atoms with Gasteiger partial charge in [0.15, 0.2) is 0 Å². The van der Waals surface area contributed by atoms with Gasteiger partial charge in [0.25, 0.3) is 5.56 Å². The first-order chi connectivity index (χ1) is 14.8. The van der Waals surface area contributed by atoms with E-state index in [1.54, 1.807) is 36.0 Å². The van der Waals surface area contributed by atoms with Crippen LogP contribution in [0.2, 0.25) is 5.02 Å². The number of aromatic nitrogens is 3. The van der Waals surface area contributed by atoms with Crippen molar-refractivity contribution < 1.29 is 4.79 Å². The van der Waals surface area contributed by atoms with E-state index in [-0.39, 0.29) is 6.54 Å². The van der Waals surface area contributed by atoms with Gasteiger partial charge in [-0.25, -0.2) is 4.79 Å². The van der Waals surface area contributed by atoms with Crippen molar-refractivity contribution >= 4 is 34.2 Å². The lowest BCUT2D eigenvalue weighted by Crippen LogP contribution is -2.40. The van der Waals surface area contributed by atoms with E-state index in [0.29, 0.717) is 27.3 Å². The van der Waals surface area contributed by atoms with Crippen molar-refractivity contribution in [3.05, 3.63) is 86.2 Å². The smallest absolute Gasteiger partial charge is 0.331 e. The third-order valence-electron chi connectivity index (χ3n) is 5.31. The zero-order valence-electron chi connectivity index (χ0n) is 17.3. The predicted octanol–water partition coefficient (Wildman–Crippen LogP) is 3.31. The lowest BCUT2D eigenvalue weighted by molar-refractivity contribution is -0.116. The number of amides is 1. The first kappa shape index (κ1) is 20.7. The number of nitrogens with one attached hydrogen (secondary N) is 1. The van der Waals surface area contributed by atoms with Crippen molar-refractivity contribution in [1.29, 1.82) is 0 Å². The van der Waals surface area contributed by atoms with E-state index in [2.05, 4.69) is 5.32 Å². The second-order valence-electron chi connectivity index (χ2n) is 7.46. The third kappa shape index (κ3) is 3.68. The molecule has 2 aromatic heterocycles. The number of hydrogen-bond acceptors (Lipinski definition) is 3. The Kier molecular flexibility index (Phi) is 5.29. The monoisotopic (exact) mass is 436 g/mol. The van der Waals surface area contributed by atoms with Crippen molar-refractivity contribution in [2.75, 3.05) is 5.32 Å².